The molecular formula is C18H17N3O2. The summed E-state index contributed by atoms with van der Waals surface area (Å²) in [6, 6.07) is 16.7. The van der Waals surface area contributed by atoms with Crippen LogP contribution in [0.2, 0.25) is 0 Å². The number of carbonyl (C=O) groups excluding carboxylic acids is 1. The molecule has 5 heteroatoms. The van der Waals surface area contributed by atoms with Crippen molar-refractivity contribution in [2.45, 2.75) is 20.0 Å². The first-order chi connectivity index (χ1) is 11.2. The van der Waals surface area contributed by atoms with Gasteiger partial charge in [-0.15, -0.1) is 0 Å². The van der Waals surface area contributed by atoms with E-state index in [4.69, 9.17) is 0 Å². The van der Waals surface area contributed by atoms with Crippen LogP contribution in [0.1, 0.15) is 23.0 Å². The molecule has 1 heterocycles. The van der Waals surface area contributed by atoms with Crippen molar-refractivity contribution in [1.29, 1.82) is 0 Å². The second-order valence-electron chi connectivity index (χ2n) is 5.18. The number of carbonyl (C=O) groups is 1. The zero-order chi connectivity index (χ0) is 16.2. The van der Waals surface area contributed by atoms with Gasteiger partial charge in [0.15, 0.2) is 5.69 Å². The number of aromatic nitrogens is 2. The van der Waals surface area contributed by atoms with Gasteiger partial charge in [0, 0.05) is 18.5 Å². The summed E-state index contributed by atoms with van der Waals surface area (Å²) in [5.41, 5.74) is 1.11. The van der Waals surface area contributed by atoms with Gasteiger partial charge in [0.05, 0.1) is 5.39 Å². The highest BCUT2D eigenvalue weighted by Gasteiger charge is 2.15. The molecule has 0 aliphatic rings. The van der Waals surface area contributed by atoms with Crippen LogP contribution < -0.4 is 10.9 Å². The van der Waals surface area contributed by atoms with Crippen molar-refractivity contribution >= 4 is 16.7 Å². The molecule has 5 nitrogen and oxygen atoms in total. The Morgan fingerprint density at radius 2 is 1.70 bits per heavy atom. The lowest BCUT2D eigenvalue weighted by molar-refractivity contribution is 0.0945. The van der Waals surface area contributed by atoms with Crippen molar-refractivity contribution in [3.63, 3.8) is 0 Å². The van der Waals surface area contributed by atoms with Gasteiger partial charge in [0.25, 0.3) is 11.5 Å². The Labute approximate surface area is 133 Å². The molecule has 0 spiro atoms. The first kappa shape index (κ1) is 15.0. The zero-order valence-corrected chi connectivity index (χ0v) is 12.8. The lowest BCUT2D eigenvalue weighted by Gasteiger charge is -2.10. The second-order valence-corrected chi connectivity index (χ2v) is 5.18. The molecular weight excluding hydrogens is 290 g/mol. The van der Waals surface area contributed by atoms with Crippen LogP contribution in [-0.2, 0) is 13.1 Å². The number of nitrogens with one attached hydrogen (secondary N) is 1. The van der Waals surface area contributed by atoms with Crippen molar-refractivity contribution in [2.24, 2.45) is 0 Å². The number of hydrogen-bond acceptors (Lipinski definition) is 3. The Morgan fingerprint density at radius 3 is 2.39 bits per heavy atom. The minimum atomic E-state index is -0.285. The maximum atomic E-state index is 12.5. The Bertz CT molecular complexity index is 901. The summed E-state index contributed by atoms with van der Waals surface area (Å²) < 4.78 is 1.32. The summed E-state index contributed by atoms with van der Waals surface area (Å²) in [7, 11) is 0. The minimum absolute atomic E-state index is 0.178. The van der Waals surface area contributed by atoms with E-state index in [0.29, 0.717) is 23.9 Å². The topological polar surface area (TPSA) is 64.0 Å². The van der Waals surface area contributed by atoms with Crippen molar-refractivity contribution < 1.29 is 4.79 Å². The highest BCUT2D eigenvalue weighted by Crippen LogP contribution is 2.13. The smallest absolute Gasteiger partial charge is 0.274 e. The maximum Gasteiger partial charge on any atom is 0.274 e. The van der Waals surface area contributed by atoms with E-state index < -0.39 is 0 Å². The van der Waals surface area contributed by atoms with Crippen LogP contribution in [0.15, 0.2) is 59.4 Å². The largest absolute Gasteiger partial charge is 0.347 e. The number of aryl methyl sites for hydroxylation is 1. The van der Waals surface area contributed by atoms with Crippen LogP contribution >= 0.6 is 0 Å². The monoisotopic (exact) mass is 307 g/mol. The van der Waals surface area contributed by atoms with Gasteiger partial charge in [-0.25, -0.2) is 4.68 Å². The molecule has 0 bridgehead atoms. The molecule has 0 atom stereocenters. The number of amides is 1. The Hall–Kier alpha value is -2.95. The zero-order valence-electron chi connectivity index (χ0n) is 12.8. The van der Waals surface area contributed by atoms with E-state index in [-0.39, 0.29) is 17.2 Å². The van der Waals surface area contributed by atoms with E-state index in [1.807, 2.05) is 37.3 Å². The summed E-state index contributed by atoms with van der Waals surface area (Å²) in [4.78, 5) is 24.8. The molecule has 0 aliphatic carbocycles. The van der Waals surface area contributed by atoms with E-state index in [2.05, 4.69) is 10.4 Å². The highest BCUT2D eigenvalue weighted by molar-refractivity contribution is 6.04. The third-order valence-electron chi connectivity index (χ3n) is 3.68. The minimum Gasteiger partial charge on any atom is -0.347 e. The summed E-state index contributed by atoms with van der Waals surface area (Å²) in [5, 5.41) is 8.17. The Kier molecular flexibility index (Phi) is 4.19. The van der Waals surface area contributed by atoms with Gasteiger partial charge >= 0.3 is 0 Å². The van der Waals surface area contributed by atoms with Gasteiger partial charge in [0.1, 0.15) is 0 Å². The predicted octanol–water partition coefficient (Wildman–Crippen LogP) is 2.35. The van der Waals surface area contributed by atoms with Gasteiger partial charge in [-0.3, -0.25) is 9.59 Å². The second kappa shape index (κ2) is 6.44. The van der Waals surface area contributed by atoms with Gasteiger partial charge in [-0.1, -0.05) is 48.5 Å². The molecule has 1 amide bonds. The quantitative estimate of drug-likeness (QED) is 0.804. The Morgan fingerprint density at radius 1 is 1.04 bits per heavy atom. The standard InChI is InChI=1S/C18H17N3O2/c1-2-21-18(23)15-11-7-6-10-14(15)16(20-21)17(22)19-12-13-8-4-3-5-9-13/h3-11H,2,12H2,1H3,(H,19,22). The van der Waals surface area contributed by atoms with Gasteiger partial charge < -0.3 is 5.32 Å². The fraction of sp³-hybridized carbons (Fsp3) is 0.167. The average Bonchev–Trinajstić information content (AvgIpc) is 2.61. The molecule has 0 saturated heterocycles. The summed E-state index contributed by atoms with van der Waals surface area (Å²) in [5.74, 6) is -0.285. The molecule has 3 aromatic rings. The fourth-order valence-electron chi connectivity index (χ4n) is 2.48. The third kappa shape index (κ3) is 2.99. The molecule has 116 valence electrons. The summed E-state index contributed by atoms with van der Waals surface area (Å²) >= 11 is 0. The molecule has 0 unspecified atom stereocenters. The van der Waals surface area contributed by atoms with Crippen molar-refractivity contribution in [1.82, 2.24) is 15.1 Å². The SMILES string of the molecule is CCn1nc(C(=O)NCc2ccccc2)c2ccccc2c1=O. The van der Waals surface area contributed by atoms with Gasteiger partial charge in [-0.05, 0) is 18.6 Å². The van der Waals surface area contributed by atoms with E-state index in [9.17, 15) is 9.59 Å². The summed E-state index contributed by atoms with van der Waals surface area (Å²) in [6.45, 7) is 2.67. The van der Waals surface area contributed by atoms with E-state index in [1.54, 1.807) is 24.3 Å². The molecule has 0 saturated carbocycles. The van der Waals surface area contributed by atoms with Crippen LogP contribution in [0, 0.1) is 0 Å². The molecule has 2 aromatic carbocycles. The van der Waals surface area contributed by atoms with E-state index >= 15 is 0 Å². The van der Waals surface area contributed by atoms with E-state index in [1.165, 1.54) is 4.68 Å². The molecule has 0 fully saturated rings. The third-order valence-corrected chi connectivity index (χ3v) is 3.68. The van der Waals surface area contributed by atoms with Crippen LogP contribution in [0.3, 0.4) is 0 Å². The number of benzene rings is 2. The van der Waals surface area contributed by atoms with Crippen LogP contribution in [0.4, 0.5) is 0 Å². The molecule has 0 aliphatic heterocycles. The molecule has 0 radical (unpaired) electrons. The molecule has 3 rings (SSSR count). The van der Waals surface area contributed by atoms with Crippen molar-refractivity contribution in [2.75, 3.05) is 0 Å². The first-order valence-electron chi connectivity index (χ1n) is 7.52. The van der Waals surface area contributed by atoms with Crippen molar-refractivity contribution in [3.8, 4) is 0 Å². The number of hydrogen-bond donors (Lipinski definition) is 1. The summed E-state index contributed by atoms with van der Waals surface area (Å²) in [6.07, 6.45) is 0. The Balaban J connectivity index is 1.97. The number of rotatable bonds is 4. The normalized spacial score (nSPS) is 10.7. The van der Waals surface area contributed by atoms with Crippen LogP contribution in [0.5, 0.6) is 0 Å². The van der Waals surface area contributed by atoms with Crippen molar-refractivity contribution in [3.05, 3.63) is 76.2 Å². The molecule has 1 aromatic heterocycles. The lowest BCUT2D eigenvalue weighted by Crippen LogP contribution is -2.30. The average molecular weight is 307 g/mol. The number of fused-ring (bicyclic) bond motifs is 1. The lowest BCUT2D eigenvalue weighted by atomic mass is 10.1. The molecule has 23 heavy (non-hydrogen) atoms. The maximum absolute atomic E-state index is 12.5. The van der Waals surface area contributed by atoms with E-state index in [0.717, 1.165) is 5.56 Å². The number of nitrogens with zero attached hydrogens (tertiary/aromatic N) is 2. The van der Waals surface area contributed by atoms with Gasteiger partial charge in [0.2, 0.25) is 0 Å². The van der Waals surface area contributed by atoms with Crippen LogP contribution in [0.25, 0.3) is 10.8 Å². The predicted molar refractivity (Wildman–Crippen MR) is 89.3 cm³/mol. The van der Waals surface area contributed by atoms with Crippen LogP contribution in [-0.4, -0.2) is 15.7 Å². The van der Waals surface area contributed by atoms with Gasteiger partial charge in [-0.2, -0.15) is 5.10 Å². The fourth-order valence-corrected chi connectivity index (χ4v) is 2.48. The molecule has 1 N–H and O–H groups in total. The highest BCUT2D eigenvalue weighted by atomic mass is 16.2. The first-order valence-corrected chi connectivity index (χ1v) is 7.52.